The van der Waals surface area contributed by atoms with E-state index in [1.54, 1.807) is 36.1 Å². The van der Waals surface area contributed by atoms with Gasteiger partial charge in [-0.25, -0.2) is 4.39 Å². The normalized spacial score (nSPS) is 10.6. The van der Waals surface area contributed by atoms with Crippen molar-refractivity contribution in [2.24, 2.45) is 7.05 Å². The van der Waals surface area contributed by atoms with Crippen molar-refractivity contribution >= 4 is 29.1 Å². The van der Waals surface area contributed by atoms with Crippen molar-refractivity contribution in [1.82, 2.24) is 15.1 Å². The average Bonchev–Trinajstić information content (AvgIpc) is 3.24. The minimum atomic E-state index is -0.897. The number of carbonyl (C=O) groups excluding carboxylic acids is 2. The van der Waals surface area contributed by atoms with Gasteiger partial charge in [-0.3, -0.25) is 14.3 Å². The molecule has 0 aliphatic rings. The van der Waals surface area contributed by atoms with E-state index in [9.17, 15) is 14.0 Å². The largest absolute Gasteiger partial charge is 0.458 e. The van der Waals surface area contributed by atoms with E-state index >= 15 is 0 Å². The Morgan fingerprint density at radius 2 is 2.04 bits per heavy atom. The second-order valence-corrected chi connectivity index (χ2v) is 5.78. The fourth-order valence-electron chi connectivity index (χ4n) is 2.24. The Morgan fingerprint density at radius 3 is 2.73 bits per heavy atom. The summed E-state index contributed by atoms with van der Waals surface area (Å²) in [6.45, 7) is 0.0360. The van der Waals surface area contributed by atoms with Crippen LogP contribution < -0.4 is 10.6 Å². The molecule has 0 saturated heterocycles. The zero-order valence-electron chi connectivity index (χ0n) is 13.6. The van der Waals surface area contributed by atoms with Crippen LogP contribution in [-0.2, 0) is 23.2 Å². The molecule has 134 valence electrons. The van der Waals surface area contributed by atoms with E-state index in [-0.39, 0.29) is 17.3 Å². The number of benzene rings is 1. The number of aromatic nitrogens is 2. The molecule has 2 amide bonds. The van der Waals surface area contributed by atoms with E-state index in [0.717, 1.165) is 11.8 Å². The molecule has 3 rings (SSSR count). The monoisotopic (exact) mass is 376 g/mol. The molecule has 26 heavy (non-hydrogen) atoms. The third kappa shape index (κ3) is 3.92. The third-order valence-corrected chi connectivity index (χ3v) is 3.83. The predicted molar refractivity (Wildman–Crippen MR) is 92.8 cm³/mol. The van der Waals surface area contributed by atoms with Crippen molar-refractivity contribution in [2.75, 3.05) is 5.32 Å². The fraction of sp³-hybridized carbons (Fsp3) is 0.118. The zero-order chi connectivity index (χ0) is 18.7. The lowest BCUT2D eigenvalue weighted by Gasteiger charge is -2.06. The summed E-state index contributed by atoms with van der Waals surface area (Å²) < 4.78 is 20.4. The van der Waals surface area contributed by atoms with Gasteiger partial charge in [0, 0.05) is 18.9 Å². The van der Waals surface area contributed by atoms with Crippen LogP contribution in [0.25, 0.3) is 11.5 Å². The van der Waals surface area contributed by atoms with Gasteiger partial charge < -0.3 is 15.1 Å². The van der Waals surface area contributed by atoms with Gasteiger partial charge in [0.25, 0.3) is 0 Å². The van der Waals surface area contributed by atoms with Crippen molar-refractivity contribution in [3.8, 4) is 11.5 Å². The first-order chi connectivity index (χ1) is 12.4. The van der Waals surface area contributed by atoms with Gasteiger partial charge in [-0.15, -0.1) is 0 Å². The number of hydrogen-bond donors (Lipinski definition) is 2. The Balaban J connectivity index is 1.56. The molecule has 2 aromatic heterocycles. The summed E-state index contributed by atoms with van der Waals surface area (Å²) in [4.78, 5) is 23.7. The van der Waals surface area contributed by atoms with Gasteiger partial charge in [0.2, 0.25) is 0 Å². The third-order valence-electron chi connectivity index (χ3n) is 3.54. The molecule has 3 aromatic rings. The Hall–Kier alpha value is -3.13. The summed E-state index contributed by atoms with van der Waals surface area (Å²) in [5.74, 6) is -1.29. The van der Waals surface area contributed by atoms with Crippen LogP contribution in [0.2, 0.25) is 5.02 Å². The van der Waals surface area contributed by atoms with E-state index in [4.69, 9.17) is 16.0 Å². The molecule has 0 radical (unpaired) electrons. The number of hydrogen-bond acceptors (Lipinski definition) is 4. The summed E-state index contributed by atoms with van der Waals surface area (Å²) in [6.07, 6.45) is 1.64. The number of aryl methyl sites for hydroxylation is 1. The molecular weight excluding hydrogens is 363 g/mol. The van der Waals surface area contributed by atoms with Crippen molar-refractivity contribution in [3.05, 3.63) is 59.2 Å². The molecule has 2 heterocycles. The van der Waals surface area contributed by atoms with E-state index < -0.39 is 17.6 Å². The van der Waals surface area contributed by atoms with Crippen LogP contribution >= 0.6 is 11.6 Å². The maximum absolute atomic E-state index is 13.1. The molecule has 2 N–H and O–H groups in total. The molecule has 1 aromatic carbocycles. The van der Waals surface area contributed by atoms with Gasteiger partial charge in [-0.05, 0) is 36.4 Å². The van der Waals surface area contributed by atoms with Crippen LogP contribution in [0.15, 0.2) is 47.0 Å². The topological polar surface area (TPSA) is 89.2 Å². The lowest BCUT2D eigenvalue weighted by molar-refractivity contribution is -0.136. The fourth-order valence-corrected chi connectivity index (χ4v) is 2.42. The highest BCUT2D eigenvalue weighted by molar-refractivity contribution is 6.39. The predicted octanol–water partition coefficient (Wildman–Crippen LogP) is 2.73. The second-order valence-electron chi connectivity index (χ2n) is 5.37. The Kier molecular flexibility index (Phi) is 5.04. The van der Waals surface area contributed by atoms with Gasteiger partial charge in [0.15, 0.2) is 5.76 Å². The van der Waals surface area contributed by atoms with Crippen molar-refractivity contribution in [3.63, 3.8) is 0 Å². The van der Waals surface area contributed by atoms with Crippen LogP contribution in [0.1, 0.15) is 5.76 Å². The van der Waals surface area contributed by atoms with Gasteiger partial charge in [0.05, 0.1) is 11.6 Å². The van der Waals surface area contributed by atoms with Crippen LogP contribution in [0.5, 0.6) is 0 Å². The van der Waals surface area contributed by atoms with Crippen LogP contribution in [0.4, 0.5) is 10.1 Å². The van der Waals surface area contributed by atoms with Crippen molar-refractivity contribution in [2.45, 2.75) is 6.54 Å². The average molecular weight is 377 g/mol. The van der Waals surface area contributed by atoms with E-state index in [0.29, 0.717) is 11.5 Å². The molecule has 7 nitrogen and oxygen atoms in total. The van der Waals surface area contributed by atoms with Crippen LogP contribution in [0, 0.1) is 5.82 Å². The number of nitrogens with one attached hydrogen (secondary N) is 2. The molecule has 9 heteroatoms. The summed E-state index contributed by atoms with van der Waals surface area (Å²) in [7, 11) is 1.78. The number of halogens is 2. The highest BCUT2D eigenvalue weighted by Crippen LogP contribution is 2.21. The minimum absolute atomic E-state index is 0.0360. The Labute approximate surface area is 152 Å². The zero-order valence-corrected chi connectivity index (χ0v) is 14.4. The van der Waals surface area contributed by atoms with Crippen LogP contribution in [-0.4, -0.2) is 21.6 Å². The number of nitrogens with zero attached hydrogens (tertiary/aromatic N) is 2. The number of anilines is 1. The van der Waals surface area contributed by atoms with Crippen molar-refractivity contribution < 1.29 is 18.4 Å². The maximum Gasteiger partial charge on any atom is 0.313 e. The number of carbonyl (C=O) groups is 2. The van der Waals surface area contributed by atoms with Gasteiger partial charge in [-0.2, -0.15) is 5.10 Å². The summed E-state index contributed by atoms with van der Waals surface area (Å²) in [5, 5.41) is 8.68. The maximum atomic E-state index is 13.1. The molecule has 0 unspecified atom stereocenters. The minimum Gasteiger partial charge on any atom is -0.458 e. The molecule has 0 fully saturated rings. The van der Waals surface area contributed by atoms with Crippen molar-refractivity contribution in [1.29, 1.82) is 0 Å². The highest BCUT2D eigenvalue weighted by Gasteiger charge is 2.15. The standard InChI is InChI=1S/C17H14ClFN4O3/c1-23-14(6-7-21-23)15-5-3-11(26-15)9-20-16(24)17(25)22-10-2-4-13(19)12(18)8-10/h2-8H,9H2,1H3,(H,20,24)(H,22,25). The van der Waals surface area contributed by atoms with Gasteiger partial charge >= 0.3 is 11.8 Å². The molecular formula is C17H14ClFN4O3. The molecule has 0 saturated carbocycles. The molecule has 0 aliphatic carbocycles. The lowest BCUT2D eigenvalue weighted by atomic mass is 10.3. The first-order valence-corrected chi connectivity index (χ1v) is 7.93. The molecule has 0 spiro atoms. The lowest BCUT2D eigenvalue weighted by Crippen LogP contribution is -2.34. The van der Waals surface area contributed by atoms with E-state index in [1.807, 2.05) is 0 Å². The quantitative estimate of drug-likeness (QED) is 0.685. The summed E-state index contributed by atoms with van der Waals surface area (Å²) in [6, 6.07) is 8.86. The molecule has 0 bridgehead atoms. The smallest absolute Gasteiger partial charge is 0.313 e. The van der Waals surface area contributed by atoms with Crippen LogP contribution in [0.3, 0.4) is 0 Å². The highest BCUT2D eigenvalue weighted by atomic mass is 35.5. The van der Waals surface area contributed by atoms with Gasteiger partial charge in [0.1, 0.15) is 17.3 Å². The first-order valence-electron chi connectivity index (χ1n) is 7.55. The first kappa shape index (κ1) is 17.7. The second kappa shape index (κ2) is 7.40. The summed E-state index contributed by atoms with van der Waals surface area (Å²) in [5.41, 5.74) is 1.00. The van der Waals surface area contributed by atoms with Gasteiger partial charge in [-0.1, -0.05) is 11.6 Å². The molecule has 0 aliphatic heterocycles. The SMILES string of the molecule is Cn1nccc1-c1ccc(CNC(=O)C(=O)Nc2ccc(F)c(Cl)c2)o1. The molecule has 0 atom stereocenters. The summed E-state index contributed by atoms with van der Waals surface area (Å²) >= 11 is 5.63. The number of rotatable bonds is 4. The number of amides is 2. The Bertz CT molecular complexity index is 967. The number of furan rings is 1. The van der Waals surface area contributed by atoms with E-state index in [1.165, 1.54) is 12.1 Å². The Morgan fingerprint density at radius 1 is 1.23 bits per heavy atom. The van der Waals surface area contributed by atoms with E-state index in [2.05, 4.69) is 15.7 Å².